The first kappa shape index (κ1) is 12.9. The Morgan fingerprint density at radius 3 is 2.50 bits per heavy atom. The number of piperidine rings is 1. The zero-order chi connectivity index (χ0) is 13.1. The quantitative estimate of drug-likeness (QED) is 0.802. The summed E-state index contributed by atoms with van der Waals surface area (Å²) in [4.78, 5) is 19.9. The minimum absolute atomic E-state index is 0.0474. The highest BCUT2D eigenvalue weighted by atomic mass is 16.2. The van der Waals surface area contributed by atoms with Crippen molar-refractivity contribution in [3.63, 3.8) is 0 Å². The van der Waals surface area contributed by atoms with E-state index in [1.807, 2.05) is 18.3 Å². The van der Waals surface area contributed by atoms with Crippen molar-refractivity contribution in [2.24, 2.45) is 5.92 Å². The molecule has 1 aromatic rings. The summed E-state index contributed by atoms with van der Waals surface area (Å²) in [7, 11) is 3.48. The Hall–Kier alpha value is -1.58. The summed E-state index contributed by atoms with van der Waals surface area (Å²) in [6.45, 7) is 4.47. The summed E-state index contributed by atoms with van der Waals surface area (Å²) < 4.78 is 0. The van der Waals surface area contributed by atoms with Crippen molar-refractivity contribution in [1.82, 2.24) is 9.88 Å². The Balaban J connectivity index is 2.06. The summed E-state index contributed by atoms with van der Waals surface area (Å²) in [6, 6.07) is 3.81. The number of hydrogen-bond acceptors (Lipinski definition) is 3. The van der Waals surface area contributed by atoms with Gasteiger partial charge in [-0.05, 0) is 30.9 Å². The highest BCUT2D eigenvalue weighted by Gasteiger charge is 2.17. The molecule has 1 saturated heterocycles. The van der Waals surface area contributed by atoms with E-state index in [-0.39, 0.29) is 5.91 Å². The van der Waals surface area contributed by atoms with Crippen LogP contribution in [0.15, 0.2) is 18.3 Å². The number of nitrogens with zero attached hydrogens (tertiary/aromatic N) is 3. The van der Waals surface area contributed by atoms with Crippen molar-refractivity contribution in [3.8, 4) is 0 Å². The maximum Gasteiger partial charge on any atom is 0.271 e. The fourth-order valence-electron chi connectivity index (χ4n) is 2.20. The van der Waals surface area contributed by atoms with Crippen LogP contribution in [-0.2, 0) is 0 Å². The maximum absolute atomic E-state index is 11.7. The van der Waals surface area contributed by atoms with Gasteiger partial charge in [-0.3, -0.25) is 4.79 Å². The van der Waals surface area contributed by atoms with E-state index < -0.39 is 0 Å². The second kappa shape index (κ2) is 5.38. The van der Waals surface area contributed by atoms with E-state index in [9.17, 15) is 4.79 Å². The van der Waals surface area contributed by atoms with Gasteiger partial charge in [-0.2, -0.15) is 0 Å². The van der Waals surface area contributed by atoms with Crippen molar-refractivity contribution in [1.29, 1.82) is 0 Å². The number of carbonyl (C=O) groups is 1. The maximum atomic E-state index is 11.7. The molecule has 1 amide bonds. The van der Waals surface area contributed by atoms with Crippen molar-refractivity contribution in [2.45, 2.75) is 19.8 Å². The van der Waals surface area contributed by atoms with E-state index >= 15 is 0 Å². The molecule has 1 aromatic heterocycles. The molecule has 0 aromatic carbocycles. The topological polar surface area (TPSA) is 36.4 Å². The zero-order valence-electron chi connectivity index (χ0n) is 11.4. The van der Waals surface area contributed by atoms with E-state index in [1.165, 1.54) is 12.8 Å². The predicted octanol–water partition coefficient (Wildman–Crippen LogP) is 2.02. The van der Waals surface area contributed by atoms with Crippen LogP contribution in [0, 0.1) is 5.92 Å². The highest BCUT2D eigenvalue weighted by Crippen LogP contribution is 2.22. The van der Waals surface area contributed by atoms with Crippen molar-refractivity contribution in [3.05, 3.63) is 24.0 Å². The SMILES string of the molecule is CC1CCN(c2ccc(C(=O)N(C)C)nc2)CC1. The minimum Gasteiger partial charge on any atom is -0.370 e. The van der Waals surface area contributed by atoms with Crippen LogP contribution in [0.5, 0.6) is 0 Å². The molecule has 0 N–H and O–H groups in total. The summed E-state index contributed by atoms with van der Waals surface area (Å²) in [5, 5.41) is 0. The molecule has 2 rings (SSSR count). The second-order valence-corrected chi connectivity index (χ2v) is 5.27. The lowest BCUT2D eigenvalue weighted by atomic mass is 9.99. The third kappa shape index (κ3) is 2.81. The smallest absolute Gasteiger partial charge is 0.271 e. The van der Waals surface area contributed by atoms with Gasteiger partial charge in [0, 0.05) is 27.2 Å². The number of aromatic nitrogens is 1. The number of hydrogen-bond donors (Lipinski definition) is 0. The predicted molar refractivity (Wildman–Crippen MR) is 72.9 cm³/mol. The van der Waals surface area contributed by atoms with Gasteiger partial charge in [0.15, 0.2) is 0 Å². The minimum atomic E-state index is -0.0474. The van der Waals surface area contributed by atoms with E-state index in [1.54, 1.807) is 19.0 Å². The first-order chi connectivity index (χ1) is 8.58. The van der Waals surface area contributed by atoms with Gasteiger partial charge in [0.25, 0.3) is 5.91 Å². The normalized spacial score (nSPS) is 16.7. The van der Waals surface area contributed by atoms with Gasteiger partial charge >= 0.3 is 0 Å². The van der Waals surface area contributed by atoms with Gasteiger partial charge < -0.3 is 9.80 Å². The van der Waals surface area contributed by atoms with Crippen LogP contribution in [0.25, 0.3) is 0 Å². The third-order valence-corrected chi connectivity index (χ3v) is 3.52. The van der Waals surface area contributed by atoms with Crippen LogP contribution >= 0.6 is 0 Å². The van der Waals surface area contributed by atoms with Crippen LogP contribution in [0.3, 0.4) is 0 Å². The second-order valence-electron chi connectivity index (χ2n) is 5.27. The van der Waals surface area contributed by atoms with Gasteiger partial charge in [0.05, 0.1) is 11.9 Å². The van der Waals surface area contributed by atoms with Gasteiger partial charge in [-0.15, -0.1) is 0 Å². The Bertz CT molecular complexity index is 406. The zero-order valence-corrected chi connectivity index (χ0v) is 11.4. The van der Waals surface area contributed by atoms with Crippen LogP contribution < -0.4 is 4.90 Å². The molecule has 0 radical (unpaired) electrons. The van der Waals surface area contributed by atoms with Crippen LogP contribution in [-0.4, -0.2) is 43.0 Å². The number of rotatable bonds is 2. The molecule has 0 spiro atoms. The number of amides is 1. The standard InChI is InChI=1S/C14H21N3O/c1-11-6-8-17(9-7-11)12-4-5-13(15-10-12)14(18)16(2)3/h4-5,10-11H,6-9H2,1-3H3. The molecule has 4 heteroatoms. The molecule has 1 aliphatic heterocycles. The fourth-order valence-corrected chi connectivity index (χ4v) is 2.20. The van der Waals surface area contributed by atoms with E-state index in [0.717, 1.165) is 24.7 Å². The highest BCUT2D eigenvalue weighted by molar-refractivity contribution is 5.92. The van der Waals surface area contributed by atoms with Crippen molar-refractivity contribution < 1.29 is 4.79 Å². The molecule has 0 bridgehead atoms. The summed E-state index contributed by atoms with van der Waals surface area (Å²) in [5.41, 5.74) is 1.63. The molecule has 1 aliphatic rings. The largest absolute Gasteiger partial charge is 0.370 e. The third-order valence-electron chi connectivity index (χ3n) is 3.52. The lowest BCUT2D eigenvalue weighted by Crippen LogP contribution is -2.33. The molecule has 98 valence electrons. The number of anilines is 1. The Labute approximate surface area is 109 Å². The summed E-state index contributed by atoms with van der Waals surface area (Å²) >= 11 is 0. The van der Waals surface area contributed by atoms with Crippen molar-refractivity contribution >= 4 is 11.6 Å². The average molecular weight is 247 g/mol. The van der Waals surface area contributed by atoms with Crippen LogP contribution in [0.2, 0.25) is 0 Å². The van der Waals surface area contributed by atoms with E-state index in [0.29, 0.717) is 5.69 Å². The Morgan fingerprint density at radius 1 is 1.33 bits per heavy atom. The molecule has 0 atom stereocenters. The number of pyridine rings is 1. The van der Waals surface area contributed by atoms with E-state index in [2.05, 4.69) is 16.8 Å². The molecule has 18 heavy (non-hydrogen) atoms. The monoisotopic (exact) mass is 247 g/mol. The fraction of sp³-hybridized carbons (Fsp3) is 0.571. The molecule has 0 unspecified atom stereocenters. The Kier molecular flexibility index (Phi) is 3.84. The van der Waals surface area contributed by atoms with Crippen LogP contribution in [0.4, 0.5) is 5.69 Å². The molecule has 0 aliphatic carbocycles. The molecule has 0 saturated carbocycles. The molecule has 1 fully saturated rings. The van der Waals surface area contributed by atoms with E-state index in [4.69, 9.17) is 0 Å². The summed E-state index contributed by atoms with van der Waals surface area (Å²) in [6.07, 6.45) is 4.28. The van der Waals surface area contributed by atoms with Gasteiger partial charge in [0.2, 0.25) is 0 Å². The van der Waals surface area contributed by atoms with Gasteiger partial charge in [-0.1, -0.05) is 6.92 Å². The van der Waals surface area contributed by atoms with Crippen molar-refractivity contribution in [2.75, 3.05) is 32.1 Å². The van der Waals surface area contributed by atoms with Crippen LogP contribution in [0.1, 0.15) is 30.3 Å². The molecular formula is C14H21N3O. The average Bonchev–Trinajstić information content (AvgIpc) is 2.39. The first-order valence-corrected chi connectivity index (χ1v) is 6.50. The molecule has 4 nitrogen and oxygen atoms in total. The lowest BCUT2D eigenvalue weighted by Gasteiger charge is -2.31. The van der Waals surface area contributed by atoms with Gasteiger partial charge in [0.1, 0.15) is 5.69 Å². The summed E-state index contributed by atoms with van der Waals surface area (Å²) in [5.74, 6) is 0.776. The first-order valence-electron chi connectivity index (χ1n) is 6.50. The number of carbonyl (C=O) groups excluding carboxylic acids is 1. The molecular weight excluding hydrogens is 226 g/mol. The molecule has 2 heterocycles. The van der Waals surface area contributed by atoms with Gasteiger partial charge in [-0.25, -0.2) is 4.98 Å². The Morgan fingerprint density at radius 2 is 2.00 bits per heavy atom. The lowest BCUT2D eigenvalue weighted by molar-refractivity contribution is 0.0822.